The molecule has 1 unspecified atom stereocenters. The van der Waals surface area contributed by atoms with Gasteiger partial charge < -0.3 is 4.74 Å². The van der Waals surface area contributed by atoms with Crippen LogP contribution in [-0.4, -0.2) is 37.9 Å². The number of carbonyl (C=O) groups is 1. The predicted molar refractivity (Wildman–Crippen MR) is 65.5 cm³/mol. The lowest BCUT2D eigenvalue weighted by Gasteiger charge is -2.06. The maximum atomic E-state index is 12.1. The van der Waals surface area contributed by atoms with Crippen LogP contribution in [0.1, 0.15) is 12.5 Å². The van der Waals surface area contributed by atoms with Gasteiger partial charge in [0.2, 0.25) is 10.0 Å². The van der Waals surface area contributed by atoms with E-state index in [0.29, 0.717) is 0 Å². The molecule has 1 aromatic rings. The molecular weight excluding hydrogens is 254 g/mol. The number of ether oxygens (including phenoxy) is 1. The van der Waals surface area contributed by atoms with Crippen LogP contribution >= 0.6 is 0 Å². The van der Waals surface area contributed by atoms with E-state index >= 15 is 0 Å². The van der Waals surface area contributed by atoms with Crippen molar-refractivity contribution < 1.29 is 17.9 Å². The van der Waals surface area contributed by atoms with Crippen molar-refractivity contribution in [3.05, 3.63) is 29.8 Å². The van der Waals surface area contributed by atoms with Crippen molar-refractivity contribution in [2.24, 2.45) is 0 Å². The van der Waals surface area contributed by atoms with Gasteiger partial charge in [-0.3, -0.25) is 4.79 Å². The molecule has 0 amide bonds. The molecule has 0 aliphatic carbocycles. The van der Waals surface area contributed by atoms with Gasteiger partial charge in [-0.05, 0) is 26.0 Å². The predicted octanol–water partition coefficient (Wildman–Crippen LogP) is 0.931. The van der Waals surface area contributed by atoms with Gasteiger partial charge in [0, 0.05) is 6.54 Å². The molecule has 2 atom stereocenters. The van der Waals surface area contributed by atoms with Crippen molar-refractivity contribution in [3.63, 3.8) is 0 Å². The number of rotatable bonds is 4. The van der Waals surface area contributed by atoms with Gasteiger partial charge in [-0.1, -0.05) is 17.7 Å². The van der Waals surface area contributed by atoms with Crippen molar-refractivity contribution in [1.82, 2.24) is 4.31 Å². The molecule has 1 fully saturated rings. The lowest BCUT2D eigenvalue weighted by Crippen LogP contribution is -2.21. The first-order valence-electron chi connectivity index (χ1n) is 5.72. The van der Waals surface area contributed by atoms with E-state index in [1.807, 2.05) is 6.92 Å². The van der Waals surface area contributed by atoms with Gasteiger partial charge in [-0.25, -0.2) is 8.42 Å². The molecule has 5 nitrogen and oxygen atoms in total. The average molecular weight is 269 g/mol. The van der Waals surface area contributed by atoms with E-state index in [2.05, 4.69) is 0 Å². The number of sulfonamides is 1. The molecule has 1 aromatic carbocycles. The maximum Gasteiger partial charge on any atom is 0.325 e. The molecular formula is C12H15NO4S. The molecule has 18 heavy (non-hydrogen) atoms. The second-order valence-electron chi connectivity index (χ2n) is 4.16. The number of hydrogen-bond donors (Lipinski definition) is 0. The summed E-state index contributed by atoms with van der Waals surface area (Å²) in [5.41, 5.74) is 0.988. The number of aryl methyl sites for hydroxylation is 1. The zero-order valence-electron chi connectivity index (χ0n) is 10.3. The molecule has 0 spiro atoms. The smallest absolute Gasteiger partial charge is 0.325 e. The molecule has 0 N–H and O–H groups in total. The fraction of sp³-hybridized carbons (Fsp3) is 0.417. The molecule has 1 heterocycles. The molecule has 6 heteroatoms. The van der Waals surface area contributed by atoms with Gasteiger partial charge in [-0.15, -0.1) is 0 Å². The number of nitrogens with zero attached hydrogens (tertiary/aromatic N) is 1. The van der Waals surface area contributed by atoms with Crippen molar-refractivity contribution in [2.75, 3.05) is 13.2 Å². The van der Waals surface area contributed by atoms with E-state index in [4.69, 9.17) is 4.74 Å². The standard InChI is InChI=1S/C12H15NO4S/c1-3-17-12(14)11-8-13(11)18(15,16)10-6-4-9(2)5-7-10/h4-7,11H,3,8H2,1-2H3/t11-,13?/m1/s1. The minimum Gasteiger partial charge on any atom is -0.465 e. The lowest BCUT2D eigenvalue weighted by molar-refractivity contribution is -0.142. The number of carbonyl (C=O) groups excluding carboxylic acids is 1. The lowest BCUT2D eigenvalue weighted by atomic mass is 10.2. The molecule has 1 aliphatic heterocycles. The Balaban J connectivity index is 2.15. The Bertz CT molecular complexity index is 550. The van der Waals surface area contributed by atoms with Crippen LogP contribution in [0.4, 0.5) is 0 Å². The highest BCUT2D eigenvalue weighted by molar-refractivity contribution is 7.89. The van der Waals surface area contributed by atoms with Crippen LogP contribution in [0.5, 0.6) is 0 Å². The summed E-state index contributed by atoms with van der Waals surface area (Å²) in [4.78, 5) is 11.6. The molecule has 0 radical (unpaired) electrons. The van der Waals surface area contributed by atoms with E-state index in [9.17, 15) is 13.2 Å². The summed E-state index contributed by atoms with van der Waals surface area (Å²) in [5, 5.41) is 0. The van der Waals surface area contributed by atoms with Gasteiger partial charge in [0.1, 0.15) is 6.04 Å². The fourth-order valence-corrected chi connectivity index (χ4v) is 3.17. The molecule has 98 valence electrons. The highest BCUT2D eigenvalue weighted by Crippen LogP contribution is 2.29. The third-order valence-electron chi connectivity index (χ3n) is 2.75. The third kappa shape index (κ3) is 2.39. The van der Waals surface area contributed by atoms with Crippen LogP contribution in [0, 0.1) is 6.92 Å². The van der Waals surface area contributed by atoms with Crippen molar-refractivity contribution in [1.29, 1.82) is 0 Å². The molecule has 1 saturated heterocycles. The SMILES string of the molecule is CCOC(=O)[C@H]1CN1S(=O)(=O)c1ccc(C)cc1. The first-order valence-corrected chi connectivity index (χ1v) is 7.16. The Morgan fingerprint density at radius 3 is 2.56 bits per heavy atom. The van der Waals surface area contributed by atoms with Crippen LogP contribution in [0.3, 0.4) is 0 Å². The quantitative estimate of drug-likeness (QED) is 0.602. The van der Waals surface area contributed by atoms with Crippen LogP contribution in [0.15, 0.2) is 29.2 Å². The molecule has 1 aliphatic rings. The second kappa shape index (κ2) is 4.70. The number of benzene rings is 1. The summed E-state index contributed by atoms with van der Waals surface area (Å²) >= 11 is 0. The van der Waals surface area contributed by atoms with Gasteiger partial charge in [-0.2, -0.15) is 4.31 Å². The third-order valence-corrected chi connectivity index (χ3v) is 4.64. The molecule has 2 rings (SSSR count). The Kier molecular flexibility index (Phi) is 3.41. The van der Waals surface area contributed by atoms with E-state index < -0.39 is 22.0 Å². The van der Waals surface area contributed by atoms with Crippen LogP contribution in [-0.2, 0) is 19.6 Å². The molecule has 0 saturated carbocycles. The summed E-state index contributed by atoms with van der Waals surface area (Å²) in [5.74, 6) is -0.479. The van der Waals surface area contributed by atoms with Crippen LogP contribution in [0.2, 0.25) is 0 Å². The highest BCUT2D eigenvalue weighted by atomic mass is 32.2. The first kappa shape index (κ1) is 13.0. The largest absolute Gasteiger partial charge is 0.465 e. The summed E-state index contributed by atoms with van der Waals surface area (Å²) in [6.45, 7) is 4.04. The van der Waals surface area contributed by atoms with E-state index in [0.717, 1.165) is 9.87 Å². The number of esters is 1. The number of hydrogen-bond acceptors (Lipinski definition) is 4. The Labute approximate surface area is 106 Å². The normalized spacial score (nSPS) is 22.6. The van der Waals surface area contributed by atoms with Gasteiger partial charge in [0.15, 0.2) is 0 Å². The van der Waals surface area contributed by atoms with Crippen LogP contribution in [0.25, 0.3) is 0 Å². The van der Waals surface area contributed by atoms with Crippen LogP contribution < -0.4 is 0 Å². The minimum absolute atomic E-state index is 0.203. The Morgan fingerprint density at radius 2 is 2.00 bits per heavy atom. The highest BCUT2D eigenvalue weighted by Gasteiger charge is 2.50. The summed E-state index contributed by atoms with van der Waals surface area (Å²) < 4.78 is 30.2. The minimum atomic E-state index is -3.56. The second-order valence-corrected chi connectivity index (χ2v) is 6.05. The Hall–Kier alpha value is -1.40. The summed E-state index contributed by atoms with van der Waals surface area (Å²) in [7, 11) is -3.56. The average Bonchev–Trinajstić information content (AvgIpc) is 3.10. The molecule has 0 aromatic heterocycles. The zero-order chi connectivity index (χ0) is 13.3. The first-order chi connectivity index (χ1) is 8.46. The van der Waals surface area contributed by atoms with E-state index in [1.165, 1.54) is 0 Å². The Morgan fingerprint density at radius 1 is 1.39 bits per heavy atom. The van der Waals surface area contributed by atoms with Gasteiger partial charge in [0.25, 0.3) is 0 Å². The van der Waals surface area contributed by atoms with E-state index in [1.54, 1.807) is 31.2 Å². The zero-order valence-corrected chi connectivity index (χ0v) is 11.1. The fourth-order valence-electron chi connectivity index (χ4n) is 1.67. The topological polar surface area (TPSA) is 63.5 Å². The van der Waals surface area contributed by atoms with Crippen molar-refractivity contribution in [3.8, 4) is 0 Å². The monoisotopic (exact) mass is 269 g/mol. The van der Waals surface area contributed by atoms with Crippen molar-refractivity contribution >= 4 is 16.0 Å². The van der Waals surface area contributed by atoms with Gasteiger partial charge in [0.05, 0.1) is 11.5 Å². The maximum absolute atomic E-state index is 12.1. The van der Waals surface area contributed by atoms with Gasteiger partial charge >= 0.3 is 5.97 Å². The van der Waals surface area contributed by atoms with Crippen molar-refractivity contribution in [2.45, 2.75) is 24.8 Å². The van der Waals surface area contributed by atoms with E-state index in [-0.39, 0.29) is 18.0 Å². The molecule has 0 bridgehead atoms. The summed E-state index contributed by atoms with van der Waals surface area (Å²) in [6.07, 6.45) is 0. The summed E-state index contributed by atoms with van der Waals surface area (Å²) in [6, 6.07) is 5.90.